The van der Waals surface area contributed by atoms with Gasteiger partial charge in [0, 0.05) is 18.5 Å². The third-order valence-corrected chi connectivity index (χ3v) is 3.56. The van der Waals surface area contributed by atoms with E-state index in [9.17, 15) is 5.11 Å². The van der Waals surface area contributed by atoms with Crippen LogP contribution < -0.4 is 5.73 Å². The summed E-state index contributed by atoms with van der Waals surface area (Å²) in [4.78, 5) is 2.39. The molecule has 0 atom stereocenters. The Labute approximate surface area is 98.3 Å². The number of piperidine rings is 1. The molecular weight excluding hydrogens is 202 g/mol. The lowest BCUT2D eigenvalue weighted by molar-refractivity contribution is 0.0810. The monoisotopic (exact) mass is 227 g/mol. The van der Waals surface area contributed by atoms with Gasteiger partial charge in [0.2, 0.25) is 0 Å². The van der Waals surface area contributed by atoms with Gasteiger partial charge in [-0.15, -0.1) is 0 Å². The number of hydrogen-bond acceptors (Lipinski definition) is 3. The van der Waals surface area contributed by atoms with Crippen LogP contribution in [0.3, 0.4) is 0 Å². The second kappa shape index (κ2) is 5.64. The van der Waals surface area contributed by atoms with E-state index in [1.54, 1.807) is 0 Å². The van der Waals surface area contributed by atoms with E-state index < -0.39 is 0 Å². The van der Waals surface area contributed by atoms with Crippen LogP contribution in [0.5, 0.6) is 0 Å². The lowest BCUT2D eigenvalue weighted by atomic mass is 9.86. The van der Waals surface area contributed by atoms with E-state index in [1.807, 2.05) is 13.8 Å². The summed E-state index contributed by atoms with van der Waals surface area (Å²) in [6.45, 7) is 7.11. The lowest BCUT2D eigenvalue weighted by Gasteiger charge is -2.30. The van der Waals surface area contributed by atoms with Gasteiger partial charge in [-0.05, 0) is 32.2 Å². The Morgan fingerprint density at radius 1 is 1.44 bits per heavy atom. The van der Waals surface area contributed by atoms with Gasteiger partial charge in [-0.3, -0.25) is 5.41 Å². The molecule has 1 aliphatic heterocycles. The van der Waals surface area contributed by atoms with Crippen LogP contribution in [0.15, 0.2) is 0 Å². The number of aliphatic hydroxyl groups excluding tert-OH is 1. The topological polar surface area (TPSA) is 73.3 Å². The first-order valence-corrected chi connectivity index (χ1v) is 6.17. The van der Waals surface area contributed by atoms with Gasteiger partial charge in [0.25, 0.3) is 0 Å². The fourth-order valence-corrected chi connectivity index (χ4v) is 2.02. The molecule has 0 aromatic heterocycles. The molecule has 0 aromatic carbocycles. The molecule has 94 valence electrons. The zero-order valence-corrected chi connectivity index (χ0v) is 10.5. The fourth-order valence-electron chi connectivity index (χ4n) is 2.02. The van der Waals surface area contributed by atoms with Gasteiger partial charge in [0.15, 0.2) is 0 Å². The predicted molar refractivity (Wildman–Crippen MR) is 66.6 cm³/mol. The molecule has 4 heteroatoms. The molecule has 1 saturated heterocycles. The number of nitrogens with zero attached hydrogens (tertiary/aromatic N) is 1. The van der Waals surface area contributed by atoms with Crippen molar-refractivity contribution in [2.75, 3.05) is 19.6 Å². The molecule has 1 rings (SSSR count). The van der Waals surface area contributed by atoms with Gasteiger partial charge in [0.1, 0.15) is 0 Å². The first kappa shape index (κ1) is 13.5. The molecule has 1 fully saturated rings. The summed E-state index contributed by atoms with van der Waals surface area (Å²) in [5, 5.41) is 16.9. The van der Waals surface area contributed by atoms with E-state index in [1.165, 1.54) is 0 Å². The molecule has 0 saturated carbocycles. The predicted octanol–water partition coefficient (Wildman–Crippen LogP) is 1.19. The highest BCUT2D eigenvalue weighted by molar-refractivity contribution is 5.82. The normalized spacial score (nSPS) is 19.9. The molecule has 1 aliphatic rings. The van der Waals surface area contributed by atoms with Gasteiger partial charge in [-0.2, -0.15) is 0 Å². The van der Waals surface area contributed by atoms with Crippen LogP contribution in [0.25, 0.3) is 0 Å². The summed E-state index contributed by atoms with van der Waals surface area (Å²) in [7, 11) is 0. The van der Waals surface area contributed by atoms with Crippen molar-refractivity contribution in [3.05, 3.63) is 0 Å². The van der Waals surface area contributed by atoms with E-state index in [4.69, 9.17) is 11.1 Å². The number of likely N-dealkylation sites (tertiary alicyclic amines) is 1. The van der Waals surface area contributed by atoms with Crippen molar-refractivity contribution in [2.45, 2.75) is 45.6 Å². The molecule has 0 radical (unpaired) electrons. The van der Waals surface area contributed by atoms with Crippen LogP contribution in [0.1, 0.15) is 39.5 Å². The maximum atomic E-state index is 9.38. The second-order valence-corrected chi connectivity index (χ2v) is 5.47. The average molecular weight is 227 g/mol. The van der Waals surface area contributed by atoms with Gasteiger partial charge >= 0.3 is 0 Å². The first-order valence-electron chi connectivity index (χ1n) is 6.17. The summed E-state index contributed by atoms with van der Waals surface area (Å²) in [5.74, 6) is 0.279. The number of amidine groups is 1. The minimum atomic E-state index is -0.171. The van der Waals surface area contributed by atoms with Crippen molar-refractivity contribution >= 4 is 5.84 Å². The molecule has 0 aromatic rings. The first-order chi connectivity index (χ1) is 7.42. The number of nitrogens with one attached hydrogen (secondary N) is 1. The molecule has 0 spiro atoms. The molecule has 0 unspecified atom stereocenters. The van der Waals surface area contributed by atoms with Crippen molar-refractivity contribution < 1.29 is 5.11 Å². The summed E-state index contributed by atoms with van der Waals surface area (Å²) in [5.41, 5.74) is 5.37. The van der Waals surface area contributed by atoms with E-state index in [2.05, 4.69) is 4.90 Å². The Morgan fingerprint density at radius 2 is 2.00 bits per heavy atom. The molecule has 0 aliphatic carbocycles. The standard InChI is InChI=1S/C12H25N3O/c1-12(2,11(13)14)6-3-7-15-8-4-10(16)5-9-15/h10,16H,3-9H2,1-2H3,(H3,13,14). The zero-order valence-electron chi connectivity index (χ0n) is 10.5. The Morgan fingerprint density at radius 3 is 2.50 bits per heavy atom. The van der Waals surface area contributed by atoms with E-state index >= 15 is 0 Å². The minimum absolute atomic E-state index is 0.0927. The van der Waals surface area contributed by atoms with Crippen molar-refractivity contribution in [1.82, 2.24) is 4.90 Å². The van der Waals surface area contributed by atoms with E-state index in [-0.39, 0.29) is 17.4 Å². The number of aliphatic hydroxyl groups is 1. The lowest BCUT2D eigenvalue weighted by Crippen LogP contribution is -2.37. The quantitative estimate of drug-likeness (QED) is 0.488. The SMILES string of the molecule is CC(C)(CCCN1CCC(O)CC1)C(=N)N. The molecule has 0 bridgehead atoms. The van der Waals surface area contributed by atoms with Crippen LogP contribution in [0, 0.1) is 10.8 Å². The summed E-state index contributed by atoms with van der Waals surface area (Å²) < 4.78 is 0. The van der Waals surface area contributed by atoms with Crippen LogP contribution in [0.2, 0.25) is 0 Å². The summed E-state index contributed by atoms with van der Waals surface area (Å²) in [6, 6.07) is 0. The third kappa shape index (κ3) is 4.10. The molecule has 16 heavy (non-hydrogen) atoms. The largest absolute Gasteiger partial charge is 0.393 e. The number of hydrogen-bond donors (Lipinski definition) is 3. The maximum absolute atomic E-state index is 9.38. The molecule has 4 nitrogen and oxygen atoms in total. The smallest absolute Gasteiger partial charge is 0.0963 e. The Hall–Kier alpha value is -0.610. The molecule has 4 N–H and O–H groups in total. The van der Waals surface area contributed by atoms with Gasteiger partial charge < -0.3 is 15.7 Å². The van der Waals surface area contributed by atoms with Gasteiger partial charge in [-0.1, -0.05) is 13.8 Å². The highest BCUT2D eigenvalue weighted by Crippen LogP contribution is 2.22. The molecular formula is C12H25N3O. The van der Waals surface area contributed by atoms with Crippen LogP contribution in [-0.2, 0) is 0 Å². The van der Waals surface area contributed by atoms with Crippen LogP contribution in [-0.4, -0.2) is 41.6 Å². The second-order valence-electron chi connectivity index (χ2n) is 5.47. The molecule has 1 heterocycles. The van der Waals surface area contributed by atoms with Crippen molar-refractivity contribution in [2.24, 2.45) is 11.1 Å². The summed E-state index contributed by atoms with van der Waals surface area (Å²) >= 11 is 0. The minimum Gasteiger partial charge on any atom is -0.393 e. The molecule has 0 amide bonds. The Balaban J connectivity index is 2.18. The Kier molecular flexibility index (Phi) is 4.74. The highest BCUT2D eigenvalue weighted by atomic mass is 16.3. The fraction of sp³-hybridized carbons (Fsp3) is 0.917. The number of rotatable bonds is 5. The van der Waals surface area contributed by atoms with Crippen LogP contribution in [0.4, 0.5) is 0 Å². The van der Waals surface area contributed by atoms with Crippen molar-refractivity contribution in [3.63, 3.8) is 0 Å². The van der Waals surface area contributed by atoms with Crippen molar-refractivity contribution in [3.8, 4) is 0 Å². The number of nitrogens with two attached hydrogens (primary N) is 1. The zero-order chi connectivity index (χ0) is 12.2. The van der Waals surface area contributed by atoms with Crippen molar-refractivity contribution in [1.29, 1.82) is 5.41 Å². The van der Waals surface area contributed by atoms with Gasteiger partial charge in [-0.25, -0.2) is 0 Å². The maximum Gasteiger partial charge on any atom is 0.0963 e. The third-order valence-electron chi connectivity index (χ3n) is 3.56. The highest BCUT2D eigenvalue weighted by Gasteiger charge is 2.22. The summed E-state index contributed by atoms with van der Waals surface area (Å²) in [6.07, 6.45) is 3.74. The van der Waals surface area contributed by atoms with E-state index in [0.29, 0.717) is 0 Å². The Bertz CT molecular complexity index is 232. The van der Waals surface area contributed by atoms with Crippen LogP contribution >= 0.6 is 0 Å². The average Bonchev–Trinajstić information content (AvgIpc) is 2.20. The van der Waals surface area contributed by atoms with Gasteiger partial charge in [0.05, 0.1) is 11.9 Å². The van der Waals surface area contributed by atoms with E-state index in [0.717, 1.165) is 45.3 Å².